The second-order valence-electron chi connectivity index (χ2n) is 7.48. The van der Waals surface area contributed by atoms with Gasteiger partial charge >= 0.3 is 5.97 Å². The molecule has 1 fully saturated rings. The molecule has 1 aliphatic carbocycles. The van der Waals surface area contributed by atoms with Crippen LogP contribution in [0.15, 0.2) is 36.5 Å². The summed E-state index contributed by atoms with van der Waals surface area (Å²) in [6.45, 7) is 3.02. The van der Waals surface area contributed by atoms with Gasteiger partial charge < -0.3 is 10.1 Å². The molecule has 1 aromatic heterocycles. The number of esters is 1. The first-order chi connectivity index (χ1) is 14.1. The van der Waals surface area contributed by atoms with Gasteiger partial charge in [-0.1, -0.05) is 49.6 Å². The summed E-state index contributed by atoms with van der Waals surface area (Å²) < 4.78 is 6.56. The van der Waals surface area contributed by atoms with Crippen molar-refractivity contribution in [1.29, 1.82) is 0 Å². The number of nitrogens with zero attached hydrogens (tertiary/aromatic N) is 3. The zero-order valence-electron chi connectivity index (χ0n) is 17.3. The summed E-state index contributed by atoms with van der Waals surface area (Å²) in [5.74, 6) is -0.262. The second kappa shape index (κ2) is 10.2. The number of aryl methyl sites for hydroxylation is 1. The Labute approximate surface area is 172 Å². The fraction of sp³-hybridized carbons (Fsp3) is 0.500. The summed E-state index contributed by atoms with van der Waals surface area (Å²) >= 11 is 0. The van der Waals surface area contributed by atoms with Crippen molar-refractivity contribution in [3.05, 3.63) is 47.7 Å². The molecule has 0 unspecified atom stereocenters. The molecular formula is C22H30N4O3. The Morgan fingerprint density at radius 1 is 1.21 bits per heavy atom. The minimum atomic E-state index is -0.482. The van der Waals surface area contributed by atoms with Crippen LogP contribution in [0.3, 0.4) is 0 Å². The summed E-state index contributed by atoms with van der Waals surface area (Å²) in [5.41, 5.74) is 1.47. The first-order valence-corrected chi connectivity index (χ1v) is 10.4. The summed E-state index contributed by atoms with van der Waals surface area (Å²) in [4.78, 5) is 27.3. The van der Waals surface area contributed by atoms with Gasteiger partial charge in [0.15, 0.2) is 0 Å². The van der Waals surface area contributed by atoms with E-state index in [2.05, 4.69) is 27.4 Å². The Kier molecular flexibility index (Phi) is 7.41. The van der Waals surface area contributed by atoms with E-state index in [-0.39, 0.29) is 24.6 Å². The molecule has 0 atom stereocenters. The highest BCUT2D eigenvalue weighted by Crippen LogP contribution is 2.24. The van der Waals surface area contributed by atoms with Crippen molar-refractivity contribution in [2.75, 3.05) is 18.5 Å². The van der Waals surface area contributed by atoms with Crippen molar-refractivity contribution < 1.29 is 14.3 Å². The average molecular weight is 399 g/mol. The molecule has 156 valence electrons. The maximum absolute atomic E-state index is 12.9. The van der Waals surface area contributed by atoms with Crippen LogP contribution in [0.25, 0.3) is 0 Å². The van der Waals surface area contributed by atoms with Crippen LogP contribution in [0, 0.1) is 0 Å². The van der Waals surface area contributed by atoms with Gasteiger partial charge in [-0.25, -0.2) is 4.79 Å². The maximum Gasteiger partial charge on any atom is 0.343 e. The highest BCUT2D eigenvalue weighted by atomic mass is 16.5. The fourth-order valence-corrected chi connectivity index (χ4v) is 3.88. The van der Waals surface area contributed by atoms with Crippen LogP contribution >= 0.6 is 0 Å². The van der Waals surface area contributed by atoms with E-state index in [0.29, 0.717) is 11.9 Å². The number of amides is 1. The van der Waals surface area contributed by atoms with Gasteiger partial charge in [0.1, 0.15) is 11.4 Å². The summed E-state index contributed by atoms with van der Waals surface area (Å²) in [7, 11) is 1.70. The molecule has 1 saturated carbocycles. The predicted octanol–water partition coefficient (Wildman–Crippen LogP) is 3.37. The number of hydrogen-bond acceptors (Lipinski definition) is 5. The summed E-state index contributed by atoms with van der Waals surface area (Å²) in [5, 5.41) is 6.97. The molecule has 29 heavy (non-hydrogen) atoms. The Balaban J connectivity index is 1.71. The topological polar surface area (TPSA) is 76.5 Å². The van der Waals surface area contributed by atoms with Gasteiger partial charge in [0.05, 0.1) is 19.3 Å². The van der Waals surface area contributed by atoms with Gasteiger partial charge in [-0.15, -0.1) is 0 Å². The summed E-state index contributed by atoms with van der Waals surface area (Å²) in [6.07, 6.45) is 7.31. The van der Waals surface area contributed by atoms with E-state index < -0.39 is 5.97 Å². The Hall–Kier alpha value is -2.67. The average Bonchev–Trinajstić information content (AvgIpc) is 3.09. The van der Waals surface area contributed by atoms with Crippen LogP contribution in [-0.4, -0.2) is 45.8 Å². The highest BCUT2D eigenvalue weighted by Gasteiger charge is 2.25. The number of ether oxygens (including phenoxy) is 1. The first kappa shape index (κ1) is 21.0. The van der Waals surface area contributed by atoms with E-state index in [1.807, 2.05) is 18.2 Å². The van der Waals surface area contributed by atoms with E-state index in [1.54, 1.807) is 14.0 Å². The SMILES string of the molecule is CCOC(=O)c1cnn(C)c1NC(=O)CN(Cc1ccccc1)C1CCCCC1. The van der Waals surface area contributed by atoms with E-state index in [9.17, 15) is 9.59 Å². The van der Waals surface area contributed by atoms with Gasteiger partial charge in [-0.2, -0.15) is 5.10 Å². The molecule has 0 radical (unpaired) electrons. The lowest BCUT2D eigenvalue weighted by atomic mass is 9.93. The second-order valence-corrected chi connectivity index (χ2v) is 7.48. The molecule has 3 rings (SSSR count). The van der Waals surface area contributed by atoms with E-state index >= 15 is 0 Å². The van der Waals surface area contributed by atoms with Crippen molar-refractivity contribution in [3.8, 4) is 0 Å². The lowest BCUT2D eigenvalue weighted by Gasteiger charge is -2.34. The monoisotopic (exact) mass is 398 g/mol. The Morgan fingerprint density at radius 2 is 1.93 bits per heavy atom. The van der Waals surface area contributed by atoms with Crippen LogP contribution in [-0.2, 0) is 23.1 Å². The number of rotatable bonds is 8. The third kappa shape index (κ3) is 5.67. The lowest BCUT2D eigenvalue weighted by Crippen LogP contribution is -2.41. The fourth-order valence-electron chi connectivity index (χ4n) is 3.88. The van der Waals surface area contributed by atoms with E-state index in [1.165, 1.54) is 35.7 Å². The molecule has 0 spiro atoms. The minimum absolute atomic E-state index is 0.152. The zero-order valence-corrected chi connectivity index (χ0v) is 17.3. The van der Waals surface area contributed by atoms with Crippen LogP contribution in [0.4, 0.5) is 5.82 Å². The molecule has 1 aromatic carbocycles. The largest absolute Gasteiger partial charge is 0.462 e. The molecule has 1 amide bonds. The molecule has 7 heteroatoms. The number of nitrogens with one attached hydrogen (secondary N) is 1. The predicted molar refractivity (Wildman–Crippen MR) is 112 cm³/mol. The number of aromatic nitrogens is 2. The molecular weight excluding hydrogens is 368 g/mol. The molecule has 0 bridgehead atoms. The van der Waals surface area contributed by atoms with Gasteiger partial charge in [-0.05, 0) is 25.3 Å². The van der Waals surface area contributed by atoms with Gasteiger partial charge in [0.25, 0.3) is 0 Å². The number of carbonyl (C=O) groups is 2. The Bertz CT molecular complexity index is 813. The molecule has 1 N–H and O–H groups in total. The van der Waals surface area contributed by atoms with Crippen molar-refractivity contribution >= 4 is 17.7 Å². The van der Waals surface area contributed by atoms with Crippen molar-refractivity contribution in [3.63, 3.8) is 0 Å². The van der Waals surface area contributed by atoms with Gasteiger partial charge in [-0.3, -0.25) is 14.4 Å². The normalized spacial score (nSPS) is 14.7. The Morgan fingerprint density at radius 3 is 2.62 bits per heavy atom. The zero-order chi connectivity index (χ0) is 20.6. The molecule has 7 nitrogen and oxygen atoms in total. The maximum atomic E-state index is 12.9. The quantitative estimate of drug-likeness (QED) is 0.690. The van der Waals surface area contributed by atoms with Gasteiger partial charge in [0.2, 0.25) is 5.91 Å². The molecule has 0 aliphatic heterocycles. The van der Waals surface area contributed by atoms with Crippen molar-refractivity contribution in [1.82, 2.24) is 14.7 Å². The van der Waals surface area contributed by atoms with E-state index in [4.69, 9.17) is 4.74 Å². The van der Waals surface area contributed by atoms with Crippen LogP contribution < -0.4 is 5.32 Å². The van der Waals surface area contributed by atoms with Crippen LogP contribution in [0.1, 0.15) is 54.9 Å². The molecule has 2 aromatic rings. The third-order valence-corrected chi connectivity index (χ3v) is 5.36. The van der Waals surface area contributed by atoms with Crippen LogP contribution in [0.5, 0.6) is 0 Å². The standard InChI is InChI=1S/C22H30N4O3/c1-3-29-22(28)19-14-23-25(2)21(19)24-20(27)16-26(18-12-8-5-9-13-18)15-17-10-6-4-7-11-17/h4,6-7,10-11,14,18H,3,5,8-9,12-13,15-16H2,1-2H3,(H,24,27). The highest BCUT2D eigenvalue weighted by molar-refractivity contribution is 6.00. The van der Waals surface area contributed by atoms with Crippen LogP contribution in [0.2, 0.25) is 0 Å². The molecule has 1 heterocycles. The lowest BCUT2D eigenvalue weighted by molar-refractivity contribution is -0.118. The molecule has 0 saturated heterocycles. The van der Waals surface area contributed by atoms with Crippen molar-refractivity contribution in [2.24, 2.45) is 7.05 Å². The number of benzene rings is 1. The van der Waals surface area contributed by atoms with Crippen molar-refractivity contribution in [2.45, 2.75) is 51.6 Å². The van der Waals surface area contributed by atoms with Gasteiger partial charge in [0, 0.05) is 19.6 Å². The molecule has 1 aliphatic rings. The first-order valence-electron chi connectivity index (χ1n) is 10.4. The van der Waals surface area contributed by atoms with E-state index in [0.717, 1.165) is 19.4 Å². The number of carbonyl (C=O) groups excluding carboxylic acids is 2. The number of hydrogen-bond donors (Lipinski definition) is 1. The third-order valence-electron chi connectivity index (χ3n) is 5.36. The smallest absolute Gasteiger partial charge is 0.343 e. The minimum Gasteiger partial charge on any atom is -0.462 e. The number of anilines is 1. The summed E-state index contributed by atoms with van der Waals surface area (Å²) in [6, 6.07) is 10.6.